The molecule has 0 amide bonds. The summed E-state index contributed by atoms with van der Waals surface area (Å²) in [5.74, 6) is 0.889. The van der Waals surface area contributed by atoms with Gasteiger partial charge in [0, 0.05) is 43.9 Å². The van der Waals surface area contributed by atoms with E-state index in [4.69, 9.17) is 21.3 Å². The van der Waals surface area contributed by atoms with E-state index in [0.29, 0.717) is 37.7 Å². The van der Waals surface area contributed by atoms with Crippen molar-refractivity contribution in [2.45, 2.75) is 30.7 Å². The number of rotatable bonds is 6. The normalized spacial score (nSPS) is 18.0. The quantitative estimate of drug-likeness (QED) is 0.595. The third-order valence-corrected chi connectivity index (χ3v) is 7.66. The molecule has 9 heteroatoms. The van der Waals surface area contributed by atoms with E-state index >= 15 is 0 Å². The van der Waals surface area contributed by atoms with Gasteiger partial charge in [-0.05, 0) is 37.1 Å². The Hall–Kier alpha value is -2.00. The second kappa shape index (κ2) is 8.02. The minimum Gasteiger partial charge on any atom is -0.383 e. The van der Waals surface area contributed by atoms with Crippen LogP contribution in [0.4, 0.5) is 0 Å². The van der Waals surface area contributed by atoms with E-state index in [-0.39, 0.29) is 10.8 Å². The Morgan fingerprint density at radius 2 is 2.14 bits per heavy atom. The topological polar surface area (TPSA) is 77.3 Å². The van der Waals surface area contributed by atoms with Gasteiger partial charge in [-0.3, -0.25) is 4.98 Å². The number of sulfonamides is 1. The van der Waals surface area contributed by atoms with Crippen LogP contribution in [-0.2, 0) is 21.3 Å². The van der Waals surface area contributed by atoms with Gasteiger partial charge in [0.1, 0.15) is 5.82 Å². The van der Waals surface area contributed by atoms with Crippen LogP contribution < -0.4 is 0 Å². The zero-order valence-corrected chi connectivity index (χ0v) is 17.9. The van der Waals surface area contributed by atoms with Crippen LogP contribution in [0.3, 0.4) is 0 Å². The molecule has 0 aliphatic carbocycles. The highest BCUT2D eigenvalue weighted by molar-refractivity contribution is 7.89. The van der Waals surface area contributed by atoms with Crippen molar-refractivity contribution in [3.8, 4) is 0 Å². The summed E-state index contributed by atoms with van der Waals surface area (Å²) in [5, 5.41) is 0.454. The summed E-state index contributed by atoms with van der Waals surface area (Å²) in [6.45, 7) is 3.88. The van der Waals surface area contributed by atoms with E-state index in [1.807, 2.05) is 13.0 Å². The zero-order valence-electron chi connectivity index (χ0n) is 16.4. The highest BCUT2D eigenvalue weighted by Crippen LogP contribution is 2.33. The van der Waals surface area contributed by atoms with Crippen molar-refractivity contribution < 1.29 is 13.2 Å². The highest BCUT2D eigenvalue weighted by Gasteiger charge is 2.35. The number of pyridine rings is 1. The largest absolute Gasteiger partial charge is 0.383 e. The Kier molecular flexibility index (Phi) is 5.61. The van der Waals surface area contributed by atoms with Crippen LogP contribution in [0.25, 0.3) is 11.0 Å². The first-order valence-electron chi connectivity index (χ1n) is 9.47. The molecule has 1 aliphatic heterocycles. The molecule has 3 aromatic rings. The predicted octanol–water partition coefficient (Wildman–Crippen LogP) is 3.22. The second-order valence-corrected chi connectivity index (χ2v) is 9.58. The van der Waals surface area contributed by atoms with Crippen LogP contribution in [0.1, 0.15) is 23.7 Å². The molecule has 1 atom stereocenters. The Labute approximate surface area is 175 Å². The monoisotopic (exact) mass is 434 g/mol. The highest BCUT2D eigenvalue weighted by atomic mass is 35.5. The van der Waals surface area contributed by atoms with Crippen molar-refractivity contribution in [1.29, 1.82) is 0 Å². The van der Waals surface area contributed by atoms with Gasteiger partial charge in [0.15, 0.2) is 0 Å². The number of benzene rings is 1. The first-order valence-corrected chi connectivity index (χ1v) is 11.3. The second-order valence-electron chi connectivity index (χ2n) is 7.24. The van der Waals surface area contributed by atoms with Crippen LogP contribution >= 0.6 is 11.6 Å². The van der Waals surface area contributed by atoms with Crippen molar-refractivity contribution in [1.82, 2.24) is 18.8 Å². The smallest absolute Gasteiger partial charge is 0.243 e. The molecule has 7 nitrogen and oxygen atoms in total. The molecule has 2 aromatic heterocycles. The lowest BCUT2D eigenvalue weighted by Gasteiger charge is -2.18. The summed E-state index contributed by atoms with van der Waals surface area (Å²) in [6.07, 6.45) is 4.22. The minimum absolute atomic E-state index is 0.00921. The predicted molar refractivity (Wildman–Crippen MR) is 112 cm³/mol. The van der Waals surface area contributed by atoms with Gasteiger partial charge in [0.05, 0.1) is 28.7 Å². The Morgan fingerprint density at radius 3 is 2.90 bits per heavy atom. The number of halogens is 1. The molecular weight excluding hydrogens is 412 g/mol. The summed E-state index contributed by atoms with van der Waals surface area (Å²) < 4.78 is 35.1. The number of fused-ring (bicyclic) bond motifs is 1. The van der Waals surface area contributed by atoms with Crippen molar-refractivity contribution in [3.63, 3.8) is 0 Å². The fourth-order valence-electron chi connectivity index (χ4n) is 3.76. The van der Waals surface area contributed by atoms with Gasteiger partial charge < -0.3 is 9.30 Å². The van der Waals surface area contributed by atoms with Crippen LogP contribution in [0.5, 0.6) is 0 Å². The maximum absolute atomic E-state index is 13.1. The van der Waals surface area contributed by atoms with Gasteiger partial charge in [0.25, 0.3) is 0 Å². The third kappa shape index (κ3) is 3.77. The van der Waals surface area contributed by atoms with E-state index in [0.717, 1.165) is 22.4 Å². The van der Waals surface area contributed by atoms with Gasteiger partial charge >= 0.3 is 0 Å². The van der Waals surface area contributed by atoms with Crippen molar-refractivity contribution in [2.75, 3.05) is 26.8 Å². The molecule has 3 heterocycles. The maximum atomic E-state index is 13.1. The first-order chi connectivity index (χ1) is 13.9. The molecule has 1 saturated heterocycles. The number of aryl methyl sites for hydroxylation is 1. The molecule has 0 saturated carbocycles. The number of aromatic nitrogens is 3. The SMILES string of the molecule is COCCn1c([C@H]2CCN(S(=O)(=O)c3ccc(C)c(Cl)c3)C2)nc2ccncc21. The van der Waals surface area contributed by atoms with Crippen LogP contribution in [0.2, 0.25) is 5.02 Å². The molecule has 1 fully saturated rings. The number of methoxy groups -OCH3 is 1. The molecule has 0 radical (unpaired) electrons. The average molecular weight is 435 g/mol. The molecular formula is C20H23ClN4O3S. The van der Waals surface area contributed by atoms with Crippen LogP contribution in [0.15, 0.2) is 41.6 Å². The molecule has 4 rings (SSSR count). The molecule has 0 N–H and O–H groups in total. The van der Waals surface area contributed by atoms with E-state index in [2.05, 4.69) is 9.55 Å². The Bertz CT molecular complexity index is 1150. The van der Waals surface area contributed by atoms with Gasteiger partial charge in [0.2, 0.25) is 10.0 Å². The van der Waals surface area contributed by atoms with Crippen LogP contribution in [0, 0.1) is 6.92 Å². The van der Waals surface area contributed by atoms with E-state index in [1.54, 1.807) is 31.6 Å². The Balaban J connectivity index is 1.63. The summed E-state index contributed by atoms with van der Waals surface area (Å²) in [6, 6.07) is 6.75. The molecule has 0 unspecified atom stereocenters. The summed E-state index contributed by atoms with van der Waals surface area (Å²) in [4.78, 5) is 9.23. The molecule has 0 spiro atoms. The lowest BCUT2D eigenvalue weighted by molar-refractivity contribution is 0.187. The lowest BCUT2D eigenvalue weighted by atomic mass is 10.1. The fourth-order valence-corrected chi connectivity index (χ4v) is 5.53. The number of nitrogens with zero attached hydrogens (tertiary/aromatic N) is 4. The van der Waals surface area contributed by atoms with Crippen molar-refractivity contribution in [2.24, 2.45) is 0 Å². The van der Waals surface area contributed by atoms with Gasteiger partial charge in [-0.15, -0.1) is 0 Å². The van der Waals surface area contributed by atoms with E-state index in [9.17, 15) is 8.42 Å². The maximum Gasteiger partial charge on any atom is 0.243 e. The number of ether oxygens (including phenoxy) is 1. The zero-order chi connectivity index (χ0) is 20.6. The summed E-state index contributed by atoms with van der Waals surface area (Å²) >= 11 is 6.15. The molecule has 154 valence electrons. The van der Waals surface area contributed by atoms with Gasteiger partial charge in [-0.2, -0.15) is 4.31 Å². The Morgan fingerprint density at radius 1 is 1.31 bits per heavy atom. The van der Waals surface area contributed by atoms with Crippen molar-refractivity contribution in [3.05, 3.63) is 53.1 Å². The number of hydrogen-bond acceptors (Lipinski definition) is 5. The molecule has 1 aromatic carbocycles. The standard InChI is InChI=1S/C20H23ClN4O3S/c1-14-3-4-16(11-17(14)21)29(26,27)24-8-6-15(13-24)20-23-18-5-7-22-12-19(18)25(20)9-10-28-2/h3-5,7,11-12,15H,6,8-10,13H2,1-2H3/t15-/m0/s1. The van der Waals surface area contributed by atoms with Gasteiger partial charge in [-0.25, -0.2) is 13.4 Å². The number of hydrogen-bond donors (Lipinski definition) is 0. The van der Waals surface area contributed by atoms with Crippen LogP contribution in [-0.4, -0.2) is 54.1 Å². The fraction of sp³-hybridized carbons (Fsp3) is 0.400. The molecule has 29 heavy (non-hydrogen) atoms. The van der Waals surface area contributed by atoms with Crippen molar-refractivity contribution >= 4 is 32.7 Å². The van der Waals surface area contributed by atoms with E-state index in [1.165, 1.54) is 10.4 Å². The third-order valence-electron chi connectivity index (χ3n) is 5.40. The first kappa shape index (κ1) is 20.3. The molecule has 1 aliphatic rings. The number of imidazole rings is 1. The summed E-state index contributed by atoms with van der Waals surface area (Å²) in [7, 11) is -1.94. The molecule has 0 bridgehead atoms. The summed E-state index contributed by atoms with van der Waals surface area (Å²) in [5.41, 5.74) is 2.65. The average Bonchev–Trinajstić information content (AvgIpc) is 3.33. The van der Waals surface area contributed by atoms with Gasteiger partial charge in [-0.1, -0.05) is 17.7 Å². The minimum atomic E-state index is -3.60. The lowest BCUT2D eigenvalue weighted by Crippen LogP contribution is -2.29. The van der Waals surface area contributed by atoms with E-state index < -0.39 is 10.0 Å².